The fourth-order valence-electron chi connectivity index (χ4n) is 4.03. The maximum atomic E-state index is 13.7. The van der Waals surface area contributed by atoms with Gasteiger partial charge in [-0.25, -0.2) is 9.69 Å². The Morgan fingerprint density at radius 2 is 1.69 bits per heavy atom. The highest BCUT2D eigenvalue weighted by atomic mass is 16.6. The number of ether oxygens (including phenoxy) is 1. The smallest absolute Gasteiger partial charge is 0.421 e. The Balaban J connectivity index is 2.39. The largest absolute Gasteiger partial charge is 0.443 e. The zero-order valence-electron chi connectivity index (χ0n) is 18.5. The van der Waals surface area contributed by atoms with Crippen LogP contribution in [0.5, 0.6) is 0 Å². The number of unbranched alkanes of at least 4 members (excludes halogenated alkanes) is 4. The van der Waals surface area contributed by atoms with Gasteiger partial charge < -0.3 is 9.53 Å². The molecule has 0 radical (unpaired) electrons. The predicted octanol–water partition coefficient (Wildman–Crippen LogP) is 5.94. The summed E-state index contributed by atoms with van der Waals surface area (Å²) in [7, 11) is 0. The number of para-hydroxylation sites is 1. The van der Waals surface area contributed by atoms with Crippen LogP contribution in [0.2, 0.25) is 0 Å². The van der Waals surface area contributed by atoms with Gasteiger partial charge in [-0.1, -0.05) is 57.2 Å². The number of hydrogen-bond donors (Lipinski definition) is 0. The molecule has 0 N–H and O–H groups in total. The first kappa shape index (κ1) is 23.1. The minimum Gasteiger partial charge on any atom is -0.443 e. The molecule has 0 unspecified atom stereocenters. The lowest BCUT2D eigenvalue weighted by Gasteiger charge is -2.29. The van der Waals surface area contributed by atoms with E-state index in [-0.39, 0.29) is 11.7 Å². The molecule has 0 aliphatic carbocycles. The number of hydrogen-bond acceptors (Lipinski definition) is 4. The van der Waals surface area contributed by atoms with Crippen LogP contribution < -0.4 is 4.90 Å². The molecule has 29 heavy (non-hydrogen) atoms. The molecule has 2 amide bonds. The highest BCUT2D eigenvalue weighted by Crippen LogP contribution is 2.48. The number of Topliss-reactive ketones (excluding diaryl/α,β-unsaturated/α-hetero) is 1. The van der Waals surface area contributed by atoms with Crippen molar-refractivity contribution in [1.82, 2.24) is 0 Å². The molecule has 2 rings (SSSR count). The van der Waals surface area contributed by atoms with Gasteiger partial charge in [-0.3, -0.25) is 4.79 Å². The van der Waals surface area contributed by atoms with Crippen LogP contribution in [0.3, 0.4) is 0 Å². The number of fused-ring (bicyclic) bond motifs is 1. The summed E-state index contributed by atoms with van der Waals surface area (Å²) in [5.41, 5.74) is -0.112. The van der Waals surface area contributed by atoms with E-state index in [1.165, 1.54) is 11.3 Å². The summed E-state index contributed by atoms with van der Waals surface area (Å²) in [5, 5.41) is 0. The van der Waals surface area contributed by atoms with Crippen molar-refractivity contribution in [2.75, 3.05) is 4.90 Å². The van der Waals surface area contributed by atoms with Crippen molar-refractivity contribution in [3.63, 3.8) is 0 Å². The summed E-state index contributed by atoms with van der Waals surface area (Å²) in [4.78, 5) is 39.5. The van der Waals surface area contributed by atoms with E-state index in [0.29, 0.717) is 24.9 Å². The summed E-state index contributed by atoms with van der Waals surface area (Å²) in [6.07, 6.45) is 6.12. The van der Waals surface area contributed by atoms with Crippen LogP contribution in [-0.2, 0) is 19.7 Å². The lowest BCUT2D eigenvalue weighted by atomic mass is 9.73. The van der Waals surface area contributed by atoms with Gasteiger partial charge in [-0.2, -0.15) is 0 Å². The van der Waals surface area contributed by atoms with E-state index in [0.717, 1.165) is 31.2 Å². The second-order valence-electron chi connectivity index (χ2n) is 9.09. The molecule has 5 heteroatoms. The third-order valence-electron chi connectivity index (χ3n) is 5.46. The molecule has 1 heterocycles. The fraction of sp³-hybridized carbons (Fsp3) is 0.625. The SMILES string of the molecule is CCCCCCC[C@]1(CCC(C)=O)C(=O)N(C(=O)OC(C)(C)C)c2ccccc21. The van der Waals surface area contributed by atoms with E-state index in [2.05, 4.69) is 6.92 Å². The maximum absolute atomic E-state index is 13.7. The Hall–Kier alpha value is -2.17. The van der Waals surface area contributed by atoms with E-state index in [1.807, 2.05) is 18.2 Å². The third kappa shape index (κ3) is 5.46. The standard InChI is InChI=1S/C24H35NO4/c1-6-7-8-9-12-16-24(17-15-18(2)26)19-13-10-11-14-20(19)25(21(24)27)22(28)29-23(3,4)5/h10-11,13-14H,6-9,12,15-17H2,1-5H3/t24-/m1/s1. The van der Waals surface area contributed by atoms with Crippen LogP contribution in [0.25, 0.3) is 0 Å². The Labute approximate surface area is 174 Å². The number of amides is 2. The molecule has 1 aromatic carbocycles. The second-order valence-corrected chi connectivity index (χ2v) is 9.09. The Kier molecular flexibility index (Phi) is 7.61. The first-order valence-electron chi connectivity index (χ1n) is 10.8. The minimum absolute atomic E-state index is 0.0522. The van der Waals surface area contributed by atoms with Gasteiger partial charge in [0.25, 0.3) is 0 Å². The molecule has 0 bridgehead atoms. The topological polar surface area (TPSA) is 63.7 Å². The van der Waals surface area contributed by atoms with Crippen LogP contribution in [0.1, 0.15) is 91.5 Å². The van der Waals surface area contributed by atoms with Crippen molar-refractivity contribution in [3.8, 4) is 0 Å². The first-order chi connectivity index (χ1) is 13.6. The summed E-state index contributed by atoms with van der Waals surface area (Å²) in [6, 6.07) is 7.43. The van der Waals surface area contributed by atoms with Gasteiger partial charge in [-0.05, 0) is 52.2 Å². The molecule has 0 fully saturated rings. The number of benzene rings is 1. The number of carbonyl (C=O) groups excluding carboxylic acids is 3. The van der Waals surface area contributed by atoms with Crippen LogP contribution >= 0.6 is 0 Å². The number of carbonyl (C=O) groups is 3. The molecule has 1 aliphatic heterocycles. The Morgan fingerprint density at radius 1 is 1.03 bits per heavy atom. The molecular weight excluding hydrogens is 366 g/mol. The molecular formula is C24H35NO4. The number of anilines is 1. The first-order valence-corrected chi connectivity index (χ1v) is 10.8. The van der Waals surface area contributed by atoms with E-state index in [9.17, 15) is 14.4 Å². The molecule has 0 saturated carbocycles. The van der Waals surface area contributed by atoms with Gasteiger partial charge in [0.05, 0.1) is 11.1 Å². The van der Waals surface area contributed by atoms with Crippen LogP contribution in [-0.4, -0.2) is 23.4 Å². The highest BCUT2D eigenvalue weighted by Gasteiger charge is 2.52. The van der Waals surface area contributed by atoms with E-state index in [1.54, 1.807) is 33.8 Å². The molecule has 1 atom stereocenters. The molecule has 5 nitrogen and oxygen atoms in total. The summed E-state index contributed by atoms with van der Waals surface area (Å²) in [6.45, 7) is 9.08. The highest BCUT2D eigenvalue weighted by molar-refractivity contribution is 6.21. The van der Waals surface area contributed by atoms with Crippen molar-refractivity contribution in [2.24, 2.45) is 0 Å². The van der Waals surface area contributed by atoms with Gasteiger partial charge in [0, 0.05) is 6.42 Å². The van der Waals surface area contributed by atoms with E-state index >= 15 is 0 Å². The Bertz CT molecular complexity index is 749. The number of nitrogens with zero attached hydrogens (tertiary/aromatic N) is 1. The summed E-state index contributed by atoms with van der Waals surface area (Å²) < 4.78 is 5.52. The zero-order valence-corrected chi connectivity index (χ0v) is 18.5. The molecule has 0 saturated heterocycles. The van der Waals surface area contributed by atoms with E-state index in [4.69, 9.17) is 4.74 Å². The monoisotopic (exact) mass is 401 g/mol. The fourth-order valence-corrected chi connectivity index (χ4v) is 4.03. The average Bonchev–Trinajstić information content (AvgIpc) is 2.87. The molecule has 1 aliphatic rings. The van der Waals surface area contributed by atoms with Crippen molar-refractivity contribution in [2.45, 2.75) is 97.0 Å². The van der Waals surface area contributed by atoms with Gasteiger partial charge in [0.15, 0.2) is 0 Å². The zero-order chi connectivity index (χ0) is 21.7. The van der Waals surface area contributed by atoms with Crippen LogP contribution in [0.15, 0.2) is 24.3 Å². The van der Waals surface area contributed by atoms with Gasteiger partial charge in [-0.15, -0.1) is 0 Å². The van der Waals surface area contributed by atoms with Crippen molar-refractivity contribution >= 4 is 23.5 Å². The van der Waals surface area contributed by atoms with Gasteiger partial charge >= 0.3 is 6.09 Å². The summed E-state index contributed by atoms with van der Waals surface area (Å²) >= 11 is 0. The van der Waals surface area contributed by atoms with Crippen molar-refractivity contribution < 1.29 is 19.1 Å². The number of imide groups is 1. The third-order valence-corrected chi connectivity index (χ3v) is 5.46. The molecule has 1 aromatic rings. The van der Waals surface area contributed by atoms with Gasteiger partial charge in [0.1, 0.15) is 11.4 Å². The van der Waals surface area contributed by atoms with Gasteiger partial charge in [0.2, 0.25) is 5.91 Å². The van der Waals surface area contributed by atoms with Crippen molar-refractivity contribution in [1.29, 1.82) is 0 Å². The summed E-state index contributed by atoms with van der Waals surface area (Å²) in [5.74, 6) is -0.207. The second kappa shape index (κ2) is 9.55. The van der Waals surface area contributed by atoms with Crippen molar-refractivity contribution in [3.05, 3.63) is 29.8 Å². The lowest BCUT2D eigenvalue weighted by Crippen LogP contribution is -2.45. The molecule has 0 aromatic heterocycles. The predicted molar refractivity (Wildman–Crippen MR) is 115 cm³/mol. The Morgan fingerprint density at radius 3 is 2.31 bits per heavy atom. The van der Waals surface area contributed by atoms with E-state index < -0.39 is 17.1 Å². The lowest BCUT2D eigenvalue weighted by molar-refractivity contribution is -0.124. The van der Waals surface area contributed by atoms with Crippen LogP contribution in [0, 0.1) is 0 Å². The van der Waals surface area contributed by atoms with Crippen LogP contribution in [0.4, 0.5) is 10.5 Å². The maximum Gasteiger partial charge on any atom is 0.421 e. The number of rotatable bonds is 9. The quantitative estimate of drug-likeness (QED) is 0.481. The number of ketones is 1. The average molecular weight is 402 g/mol. The minimum atomic E-state index is -0.842. The molecule has 0 spiro atoms. The normalized spacial score (nSPS) is 18.7. The molecule has 160 valence electrons.